The van der Waals surface area contributed by atoms with Crippen LogP contribution in [0.25, 0.3) is 0 Å². The molecule has 0 radical (unpaired) electrons. The van der Waals surface area contributed by atoms with Crippen LogP contribution >= 0.6 is 24.0 Å². The maximum absolute atomic E-state index is 12.8. The largest absolute Gasteiger partial charge is 0.379 e. The minimum absolute atomic E-state index is 0. The number of halogens is 1. The monoisotopic (exact) mass is 547 g/mol. The molecule has 0 aliphatic carbocycles. The number of hydrogen-bond acceptors (Lipinski definition) is 4. The van der Waals surface area contributed by atoms with Crippen molar-refractivity contribution in [3.05, 3.63) is 59.9 Å². The Morgan fingerprint density at radius 2 is 1.73 bits per heavy atom. The second kappa shape index (κ2) is 12.3. The van der Waals surface area contributed by atoms with Crippen molar-refractivity contribution in [2.45, 2.75) is 18.8 Å². The van der Waals surface area contributed by atoms with E-state index in [2.05, 4.69) is 20.2 Å². The van der Waals surface area contributed by atoms with Gasteiger partial charge in [-0.15, -0.1) is 24.0 Å². The van der Waals surface area contributed by atoms with Gasteiger partial charge in [-0.05, 0) is 23.3 Å². The van der Waals surface area contributed by atoms with E-state index < -0.39 is 10.0 Å². The maximum atomic E-state index is 12.8. The van der Waals surface area contributed by atoms with Crippen LogP contribution in [0, 0.1) is 0 Å². The third-order valence-corrected chi connectivity index (χ3v) is 6.65. The number of nitrogens with zero attached hydrogens (tertiary/aromatic N) is 3. The summed E-state index contributed by atoms with van der Waals surface area (Å²) in [4.78, 5) is 4.24. The molecule has 1 aromatic carbocycles. The van der Waals surface area contributed by atoms with Crippen LogP contribution in [0.2, 0.25) is 0 Å². The molecule has 3 rings (SSSR count). The smallest absolute Gasteiger partial charge is 0.218 e. The Morgan fingerprint density at radius 1 is 1.07 bits per heavy atom. The molecule has 1 saturated heterocycles. The van der Waals surface area contributed by atoms with E-state index in [0.717, 1.165) is 24.2 Å². The molecule has 2 aromatic rings. The Morgan fingerprint density at radius 3 is 2.40 bits per heavy atom. The SMILES string of the molecule is CN=C(NCCn1cccc1)NCc1ccccc1CS(=O)(=O)N1CCOCC1.I. The number of rotatable bonds is 8. The summed E-state index contributed by atoms with van der Waals surface area (Å²) in [6, 6.07) is 11.6. The van der Waals surface area contributed by atoms with Crippen LogP contribution in [0.4, 0.5) is 0 Å². The van der Waals surface area contributed by atoms with Gasteiger partial charge in [0.2, 0.25) is 10.0 Å². The molecule has 1 aromatic heterocycles. The van der Waals surface area contributed by atoms with Crippen LogP contribution in [0.15, 0.2) is 53.8 Å². The lowest BCUT2D eigenvalue weighted by Crippen LogP contribution is -2.41. The van der Waals surface area contributed by atoms with Crippen LogP contribution in [-0.2, 0) is 33.6 Å². The molecule has 0 spiro atoms. The molecule has 0 unspecified atom stereocenters. The quantitative estimate of drug-likeness (QED) is 0.298. The second-order valence-corrected chi connectivity index (χ2v) is 8.78. The van der Waals surface area contributed by atoms with Crippen LogP contribution in [0.1, 0.15) is 11.1 Å². The number of guanidine groups is 1. The molecule has 0 amide bonds. The van der Waals surface area contributed by atoms with E-state index in [1.807, 2.05) is 48.8 Å². The summed E-state index contributed by atoms with van der Waals surface area (Å²) in [7, 11) is -1.64. The van der Waals surface area contributed by atoms with Crippen LogP contribution < -0.4 is 10.6 Å². The summed E-state index contributed by atoms with van der Waals surface area (Å²) in [6.07, 6.45) is 4.03. The summed E-state index contributed by atoms with van der Waals surface area (Å²) in [5, 5.41) is 6.55. The van der Waals surface area contributed by atoms with E-state index in [1.54, 1.807) is 7.05 Å². The van der Waals surface area contributed by atoms with Crippen LogP contribution in [0.3, 0.4) is 0 Å². The summed E-state index contributed by atoms with van der Waals surface area (Å²) in [6.45, 7) is 3.81. The predicted molar refractivity (Wildman–Crippen MR) is 130 cm³/mol. The highest BCUT2D eigenvalue weighted by molar-refractivity contribution is 14.0. The number of ether oxygens (including phenoxy) is 1. The Balaban J connectivity index is 0.00000320. The molecule has 0 saturated carbocycles. The van der Waals surface area contributed by atoms with Crippen molar-refractivity contribution in [3.8, 4) is 0 Å². The van der Waals surface area contributed by atoms with Gasteiger partial charge in [0.05, 0.1) is 19.0 Å². The zero-order chi connectivity index (χ0) is 20.5. The Bertz CT molecular complexity index is 897. The molecule has 1 aliphatic heterocycles. The van der Waals surface area contributed by atoms with E-state index in [9.17, 15) is 8.42 Å². The number of hydrogen-bond donors (Lipinski definition) is 2. The molecule has 0 atom stereocenters. The fourth-order valence-corrected chi connectivity index (χ4v) is 4.77. The summed E-state index contributed by atoms with van der Waals surface area (Å²) >= 11 is 0. The van der Waals surface area contributed by atoms with E-state index in [1.165, 1.54) is 4.31 Å². The first-order chi connectivity index (χ1) is 14.1. The van der Waals surface area contributed by atoms with Crippen molar-refractivity contribution in [3.63, 3.8) is 0 Å². The van der Waals surface area contributed by atoms with Gasteiger partial charge in [0.15, 0.2) is 5.96 Å². The van der Waals surface area contributed by atoms with Gasteiger partial charge in [-0.3, -0.25) is 4.99 Å². The van der Waals surface area contributed by atoms with Crippen LogP contribution in [-0.4, -0.2) is 63.1 Å². The number of sulfonamides is 1. The third-order valence-electron chi connectivity index (χ3n) is 4.82. The lowest BCUT2D eigenvalue weighted by Gasteiger charge is -2.26. The highest BCUT2D eigenvalue weighted by atomic mass is 127. The molecule has 10 heteroatoms. The van der Waals surface area contributed by atoms with Gasteiger partial charge >= 0.3 is 0 Å². The van der Waals surface area contributed by atoms with Gasteiger partial charge in [-0.1, -0.05) is 24.3 Å². The van der Waals surface area contributed by atoms with E-state index in [-0.39, 0.29) is 29.7 Å². The summed E-state index contributed by atoms with van der Waals surface area (Å²) in [5.74, 6) is 0.674. The van der Waals surface area contributed by atoms with Gasteiger partial charge in [0, 0.05) is 52.2 Å². The topological polar surface area (TPSA) is 88.0 Å². The molecule has 8 nitrogen and oxygen atoms in total. The number of aromatic nitrogens is 1. The van der Waals surface area contributed by atoms with Crippen molar-refractivity contribution < 1.29 is 13.2 Å². The van der Waals surface area contributed by atoms with Crippen molar-refractivity contribution in [2.24, 2.45) is 4.99 Å². The summed E-state index contributed by atoms with van der Waals surface area (Å²) < 4.78 is 34.4. The standard InChI is InChI=1S/C20H29N5O3S.HI/c1-21-20(22-8-11-24-9-4-5-10-24)23-16-18-6-2-3-7-19(18)17-29(26,27)25-12-14-28-15-13-25;/h2-7,9-10H,8,11-17H2,1H3,(H2,21,22,23);1H. The number of morpholine rings is 1. The summed E-state index contributed by atoms with van der Waals surface area (Å²) in [5.41, 5.74) is 1.74. The molecule has 1 fully saturated rings. The maximum Gasteiger partial charge on any atom is 0.218 e. The van der Waals surface area contributed by atoms with Crippen molar-refractivity contribution in [2.75, 3.05) is 39.9 Å². The lowest BCUT2D eigenvalue weighted by molar-refractivity contribution is 0.0729. The fourth-order valence-electron chi connectivity index (χ4n) is 3.21. The molecule has 166 valence electrons. The van der Waals surface area contributed by atoms with Gasteiger partial charge in [0.25, 0.3) is 0 Å². The van der Waals surface area contributed by atoms with Crippen molar-refractivity contribution in [1.82, 2.24) is 19.5 Å². The molecule has 2 N–H and O–H groups in total. The Labute approximate surface area is 195 Å². The van der Waals surface area contributed by atoms with Crippen molar-refractivity contribution >= 4 is 40.0 Å². The molecule has 0 bridgehead atoms. The zero-order valence-electron chi connectivity index (χ0n) is 17.2. The number of benzene rings is 1. The Kier molecular flexibility index (Phi) is 10.1. The first-order valence-electron chi connectivity index (χ1n) is 9.76. The van der Waals surface area contributed by atoms with Gasteiger partial charge in [-0.2, -0.15) is 4.31 Å². The highest BCUT2D eigenvalue weighted by Gasteiger charge is 2.25. The highest BCUT2D eigenvalue weighted by Crippen LogP contribution is 2.16. The lowest BCUT2D eigenvalue weighted by atomic mass is 10.1. The Hall–Kier alpha value is -1.63. The first-order valence-corrected chi connectivity index (χ1v) is 11.4. The average molecular weight is 547 g/mol. The average Bonchev–Trinajstić information content (AvgIpc) is 3.25. The third kappa shape index (κ3) is 7.25. The zero-order valence-corrected chi connectivity index (χ0v) is 20.3. The number of aliphatic imine (C=N–C) groups is 1. The van der Waals surface area contributed by atoms with Gasteiger partial charge in [-0.25, -0.2) is 8.42 Å². The minimum atomic E-state index is -3.37. The molecular weight excluding hydrogens is 517 g/mol. The van der Waals surface area contributed by atoms with Crippen molar-refractivity contribution in [1.29, 1.82) is 0 Å². The first kappa shape index (κ1) is 24.6. The fraction of sp³-hybridized carbons (Fsp3) is 0.450. The van der Waals surface area contributed by atoms with E-state index in [4.69, 9.17) is 4.74 Å². The van der Waals surface area contributed by atoms with Gasteiger partial charge < -0.3 is 19.9 Å². The predicted octanol–water partition coefficient (Wildman–Crippen LogP) is 1.63. The van der Waals surface area contributed by atoms with E-state index >= 15 is 0 Å². The molecule has 30 heavy (non-hydrogen) atoms. The number of nitrogens with one attached hydrogen (secondary N) is 2. The normalized spacial score (nSPS) is 15.4. The minimum Gasteiger partial charge on any atom is -0.379 e. The molecular formula is C20H30IN5O3S. The van der Waals surface area contributed by atoms with Gasteiger partial charge in [0.1, 0.15) is 0 Å². The van der Waals surface area contributed by atoms with E-state index in [0.29, 0.717) is 38.8 Å². The molecule has 1 aliphatic rings. The van der Waals surface area contributed by atoms with Crippen LogP contribution in [0.5, 0.6) is 0 Å². The second-order valence-electron chi connectivity index (χ2n) is 6.81. The molecule has 2 heterocycles.